The molecule has 0 aliphatic carbocycles. The van der Waals surface area contributed by atoms with Crippen molar-refractivity contribution in [1.29, 1.82) is 0 Å². The Morgan fingerprint density at radius 3 is 1.68 bits per heavy atom. The van der Waals surface area contributed by atoms with E-state index in [4.69, 9.17) is 7.16 Å². The number of fused-ring (bicyclic) bond motifs is 7. The number of hydrogen-bond acceptors (Lipinski definition) is 1. The van der Waals surface area contributed by atoms with Crippen LogP contribution in [0.15, 0.2) is 138 Å². The Bertz CT molecular complexity index is 2190. The molecule has 172 valence electrons. The molecule has 8 rings (SSSR count). The topological polar surface area (TPSA) is 13.1 Å². The smallest absolute Gasteiger partial charge is 0.136 e. The minimum Gasteiger partial charge on any atom is -0.456 e. The van der Waals surface area contributed by atoms with Crippen molar-refractivity contribution in [2.24, 2.45) is 0 Å². The van der Waals surface area contributed by atoms with Gasteiger partial charge in [0.1, 0.15) is 11.2 Å². The van der Waals surface area contributed by atoms with Crippen molar-refractivity contribution in [3.05, 3.63) is 133 Å². The molecule has 0 atom stereocenters. The van der Waals surface area contributed by atoms with Gasteiger partial charge < -0.3 is 4.42 Å². The van der Waals surface area contributed by atoms with E-state index in [2.05, 4.69) is 97.1 Å². The Hall–Kier alpha value is -4.88. The highest BCUT2D eigenvalue weighted by Gasteiger charge is 2.18. The van der Waals surface area contributed by atoms with Gasteiger partial charge in [-0.15, -0.1) is 0 Å². The van der Waals surface area contributed by atoms with E-state index in [1.165, 1.54) is 38.2 Å². The number of rotatable bonds is 2. The summed E-state index contributed by atoms with van der Waals surface area (Å²) in [6.45, 7) is 0. The second-order valence-corrected chi connectivity index (χ2v) is 9.52. The molecule has 0 bridgehead atoms. The van der Waals surface area contributed by atoms with Gasteiger partial charge in [0.2, 0.25) is 0 Å². The summed E-state index contributed by atoms with van der Waals surface area (Å²) in [5, 5.41) is 8.38. The van der Waals surface area contributed by atoms with E-state index in [0.29, 0.717) is 5.58 Å². The molecule has 7 aromatic carbocycles. The Morgan fingerprint density at radius 1 is 0.432 bits per heavy atom. The molecule has 1 aromatic heterocycles. The molecule has 0 aliphatic heterocycles. The van der Waals surface area contributed by atoms with E-state index in [9.17, 15) is 0 Å². The van der Waals surface area contributed by atoms with E-state index in [1.54, 1.807) is 0 Å². The first-order valence-corrected chi connectivity index (χ1v) is 12.5. The van der Waals surface area contributed by atoms with E-state index in [0.717, 1.165) is 32.7 Å². The number of benzene rings is 7. The van der Waals surface area contributed by atoms with E-state index >= 15 is 0 Å². The molecule has 37 heavy (non-hydrogen) atoms. The molecule has 0 unspecified atom stereocenters. The van der Waals surface area contributed by atoms with Crippen LogP contribution in [-0.4, -0.2) is 0 Å². The van der Waals surface area contributed by atoms with Crippen LogP contribution in [0.3, 0.4) is 0 Å². The van der Waals surface area contributed by atoms with Crippen molar-refractivity contribution in [2.45, 2.75) is 0 Å². The fraction of sp³-hybridized carbons (Fsp3) is 0. The highest BCUT2D eigenvalue weighted by atomic mass is 16.3. The third-order valence-corrected chi connectivity index (χ3v) is 7.48. The standard InChI is InChI=1S/C36H22O/c1-2-11-24(12-3-1)34-27-14-6-8-16-29(27)35(30-17-9-7-15-28(30)34)25-18-20-31-33(22-25)37-32-21-19-23-10-4-5-13-26(23)36(31)32/h1-22H/i19D,21D. The Kier molecular flexibility index (Phi) is 3.88. The minimum atomic E-state index is 0.129. The van der Waals surface area contributed by atoms with Crippen molar-refractivity contribution in [3.8, 4) is 22.3 Å². The van der Waals surface area contributed by atoms with Crippen LogP contribution in [0.1, 0.15) is 2.74 Å². The molecular formula is C36H22O. The maximum Gasteiger partial charge on any atom is 0.136 e. The van der Waals surface area contributed by atoms with Gasteiger partial charge in [-0.05, 0) is 72.7 Å². The Balaban J connectivity index is 1.48. The monoisotopic (exact) mass is 472 g/mol. The van der Waals surface area contributed by atoms with Crippen molar-refractivity contribution in [2.75, 3.05) is 0 Å². The lowest BCUT2D eigenvalue weighted by atomic mass is 9.86. The van der Waals surface area contributed by atoms with Crippen LogP contribution in [0.4, 0.5) is 0 Å². The first-order chi connectivity index (χ1) is 19.2. The van der Waals surface area contributed by atoms with Crippen LogP contribution in [-0.2, 0) is 0 Å². The number of furan rings is 1. The molecule has 0 aliphatic rings. The second kappa shape index (κ2) is 7.81. The average molecular weight is 473 g/mol. The molecule has 0 radical (unpaired) electrons. The maximum atomic E-state index is 8.66. The van der Waals surface area contributed by atoms with Crippen LogP contribution in [0.25, 0.3) is 76.5 Å². The summed E-state index contributed by atoms with van der Waals surface area (Å²) >= 11 is 0. The first-order valence-electron chi connectivity index (χ1n) is 13.5. The van der Waals surface area contributed by atoms with Gasteiger partial charge in [0, 0.05) is 10.8 Å². The zero-order valence-corrected chi connectivity index (χ0v) is 20.0. The van der Waals surface area contributed by atoms with Crippen LogP contribution < -0.4 is 0 Å². The van der Waals surface area contributed by atoms with Crippen LogP contribution >= 0.6 is 0 Å². The quantitative estimate of drug-likeness (QED) is 0.228. The first kappa shape index (κ1) is 18.4. The fourth-order valence-electron chi connectivity index (χ4n) is 5.90. The molecule has 8 aromatic rings. The van der Waals surface area contributed by atoms with Crippen LogP contribution in [0, 0.1) is 0 Å². The molecule has 0 fully saturated rings. The van der Waals surface area contributed by atoms with Gasteiger partial charge in [0.05, 0.1) is 2.74 Å². The van der Waals surface area contributed by atoms with Gasteiger partial charge >= 0.3 is 0 Å². The second-order valence-electron chi connectivity index (χ2n) is 9.52. The van der Waals surface area contributed by atoms with Crippen LogP contribution in [0.2, 0.25) is 0 Å². The molecule has 1 heteroatoms. The summed E-state index contributed by atoms with van der Waals surface area (Å²) in [6, 6.07) is 42.4. The van der Waals surface area contributed by atoms with Gasteiger partial charge in [0.15, 0.2) is 0 Å². The summed E-state index contributed by atoms with van der Waals surface area (Å²) in [5.74, 6) is 0. The number of hydrogen-bond donors (Lipinski definition) is 0. The Morgan fingerprint density at radius 2 is 1.00 bits per heavy atom. The van der Waals surface area contributed by atoms with Gasteiger partial charge in [-0.1, -0.05) is 115 Å². The van der Waals surface area contributed by atoms with Gasteiger partial charge in [-0.25, -0.2) is 0 Å². The molecule has 0 saturated heterocycles. The Labute approximate surface area is 217 Å². The fourth-order valence-corrected chi connectivity index (χ4v) is 5.90. The van der Waals surface area contributed by atoms with E-state index in [-0.39, 0.29) is 12.1 Å². The lowest BCUT2D eigenvalue weighted by Crippen LogP contribution is -1.90. The summed E-state index contributed by atoms with van der Waals surface area (Å²) in [6.07, 6.45) is 0. The predicted molar refractivity (Wildman–Crippen MR) is 157 cm³/mol. The highest BCUT2D eigenvalue weighted by Crippen LogP contribution is 2.45. The van der Waals surface area contributed by atoms with E-state index in [1.807, 2.05) is 24.3 Å². The molecule has 1 nitrogen and oxygen atoms in total. The largest absolute Gasteiger partial charge is 0.456 e. The van der Waals surface area contributed by atoms with Crippen LogP contribution in [0.5, 0.6) is 0 Å². The summed E-state index contributed by atoms with van der Waals surface area (Å²) in [7, 11) is 0. The molecule has 0 spiro atoms. The van der Waals surface area contributed by atoms with E-state index < -0.39 is 0 Å². The van der Waals surface area contributed by atoms with Crippen molar-refractivity contribution in [1.82, 2.24) is 0 Å². The van der Waals surface area contributed by atoms with Gasteiger partial charge in [-0.3, -0.25) is 0 Å². The molecule has 0 amide bonds. The SMILES string of the molecule is [2H]c1c([2H])c2oc3cc(-c4c5ccccc5c(-c5ccccc5)c5ccccc45)ccc3c2c2ccccc12. The normalized spacial score (nSPS) is 12.5. The van der Waals surface area contributed by atoms with Gasteiger partial charge in [-0.2, -0.15) is 0 Å². The summed E-state index contributed by atoms with van der Waals surface area (Å²) in [5.41, 5.74) is 5.87. The summed E-state index contributed by atoms with van der Waals surface area (Å²) in [4.78, 5) is 0. The minimum absolute atomic E-state index is 0.129. The maximum absolute atomic E-state index is 8.66. The molecule has 0 saturated carbocycles. The predicted octanol–water partition coefficient (Wildman–Crippen LogP) is 10.4. The highest BCUT2D eigenvalue weighted by molar-refractivity contribution is 6.23. The summed E-state index contributed by atoms with van der Waals surface area (Å²) < 4.78 is 23.5. The lowest BCUT2D eigenvalue weighted by molar-refractivity contribution is 0.669. The zero-order chi connectivity index (χ0) is 26.1. The zero-order valence-electron chi connectivity index (χ0n) is 22.0. The molecule has 1 heterocycles. The molecule has 0 N–H and O–H groups in total. The third-order valence-electron chi connectivity index (χ3n) is 7.48. The van der Waals surface area contributed by atoms with Crippen molar-refractivity contribution in [3.63, 3.8) is 0 Å². The molecular weight excluding hydrogens is 448 g/mol. The lowest BCUT2D eigenvalue weighted by Gasteiger charge is -2.17. The van der Waals surface area contributed by atoms with Crippen molar-refractivity contribution < 1.29 is 7.16 Å². The average Bonchev–Trinajstić information content (AvgIpc) is 3.38. The third kappa shape index (κ3) is 2.98. The van der Waals surface area contributed by atoms with Gasteiger partial charge in [0.25, 0.3) is 0 Å². The van der Waals surface area contributed by atoms with Crippen molar-refractivity contribution >= 4 is 54.3 Å².